The van der Waals surface area contributed by atoms with E-state index in [4.69, 9.17) is 0 Å². The van der Waals surface area contributed by atoms with Crippen molar-refractivity contribution < 1.29 is 19.4 Å². The average molecular weight is 624 g/mol. The Bertz CT molecular complexity index is 1110. The van der Waals surface area contributed by atoms with Crippen LogP contribution in [0.3, 0.4) is 0 Å². The number of aliphatic hydroxyl groups is 1. The van der Waals surface area contributed by atoms with Crippen LogP contribution in [0.2, 0.25) is 0 Å². The van der Waals surface area contributed by atoms with Gasteiger partial charge in [0, 0.05) is 25.4 Å². The van der Waals surface area contributed by atoms with Gasteiger partial charge >= 0.3 is 0 Å². The van der Waals surface area contributed by atoms with E-state index in [0.29, 0.717) is 30.1 Å². The highest BCUT2D eigenvalue weighted by atomic mass is 19.1. The smallest absolute Gasteiger partial charge is 0.222 e. The van der Waals surface area contributed by atoms with Gasteiger partial charge in [0.1, 0.15) is 11.9 Å². The molecule has 0 aromatic heterocycles. The minimum Gasteiger partial charge on any atom is -0.508 e. The molecule has 0 saturated heterocycles. The number of phenolic OH excluding ortho intramolecular Hbond substituents is 1. The van der Waals surface area contributed by atoms with Gasteiger partial charge in [-0.3, -0.25) is 4.79 Å². The van der Waals surface area contributed by atoms with Crippen LogP contribution in [-0.4, -0.2) is 46.4 Å². The van der Waals surface area contributed by atoms with Crippen LogP contribution >= 0.6 is 0 Å². The predicted molar refractivity (Wildman–Crippen MR) is 180 cm³/mol. The Kier molecular flexibility index (Phi) is 11.2. The molecule has 1 amide bonds. The summed E-state index contributed by atoms with van der Waals surface area (Å²) in [6, 6.07) is 5.60. The molecular formula is C40H62FNO3. The van der Waals surface area contributed by atoms with Gasteiger partial charge in [-0.05, 0) is 116 Å². The number of nitrogens with zero attached hydrogens (tertiary/aromatic N) is 1. The lowest BCUT2D eigenvalue weighted by Gasteiger charge is -2.54. The summed E-state index contributed by atoms with van der Waals surface area (Å²) >= 11 is 0. The maximum absolute atomic E-state index is 16.1. The second-order valence-electron chi connectivity index (χ2n) is 16.5. The maximum Gasteiger partial charge on any atom is 0.222 e. The number of alkyl halides is 1. The molecule has 5 heteroatoms. The quantitative estimate of drug-likeness (QED) is 0.228. The van der Waals surface area contributed by atoms with Crippen LogP contribution in [0.25, 0.3) is 0 Å². The van der Waals surface area contributed by atoms with E-state index >= 15 is 4.39 Å². The van der Waals surface area contributed by atoms with Gasteiger partial charge in [0.15, 0.2) is 0 Å². The molecular weight excluding hydrogens is 561 g/mol. The number of fused-ring (bicyclic) bond motifs is 5. The van der Waals surface area contributed by atoms with E-state index in [1.165, 1.54) is 64.2 Å². The van der Waals surface area contributed by atoms with Gasteiger partial charge in [0.05, 0.1) is 6.10 Å². The number of benzene rings is 1. The number of amides is 1. The van der Waals surface area contributed by atoms with Crippen molar-refractivity contribution >= 4 is 5.91 Å². The van der Waals surface area contributed by atoms with Gasteiger partial charge < -0.3 is 15.1 Å². The molecule has 1 aromatic rings. The second kappa shape index (κ2) is 15.1. The number of aromatic hydroxyl groups is 1. The number of carbonyl (C=O) groups excluding carboxylic acids is 1. The molecule has 0 unspecified atom stereocenters. The Morgan fingerprint density at radius 3 is 2.38 bits per heavy atom. The SMILES string of the molecule is C[C@]12C[C@H](F)[C@@H]3c4ccc(O)cc4C[C@@H](CCCCCCN(CC4CCCCC4)C(=O)CCC4CCCCC4)[C@H]3[C@@H]1CC[C@@H]2O. The maximum atomic E-state index is 16.1. The zero-order chi connectivity index (χ0) is 31.4. The van der Waals surface area contributed by atoms with Crippen LogP contribution < -0.4 is 0 Å². The Labute approximate surface area is 272 Å². The zero-order valence-electron chi connectivity index (χ0n) is 28.2. The van der Waals surface area contributed by atoms with Gasteiger partial charge in [-0.15, -0.1) is 0 Å². The summed E-state index contributed by atoms with van der Waals surface area (Å²) in [4.78, 5) is 15.7. The number of hydrogen-bond acceptors (Lipinski definition) is 3. The largest absolute Gasteiger partial charge is 0.508 e. The predicted octanol–water partition coefficient (Wildman–Crippen LogP) is 9.50. The summed E-state index contributed by atoms with van der Waals surface area (Å²) in [6.07, 6.45) is 22.5. The van der Waals surface area contributed by atoms with Crippen molar-refractivity contribution in [2.24, 2.45) is 35.0 Å². The fraction of sp³-hybridized carbons (Fsp3) is 0.825. The highest BCUT2D eigenvalue weighted by Crippen LogP contribution is 2.63. The van der Waals surface area contributed by atoms with Crippen molar-refractivity contribution in [3.63, 3.8) is 0 Å². The van der Waals surface area contributed by atoms with E-state index < -0.39 is 12.3 Å². The molecule has 4 saturated carbocycles. The van der Waals surface area contributed by atoms with Crippen LogP contribution in [-0.2, 0) is 11.2 Å². The summed E-state index contributed by atoms with van der Waals surface area (Å²) < 4.78 is 16.1. The Morgan fingerprint density at radius 1 is 0.911 bits per heavy atom. The fourth-order valence-corrected chi connectivity index (χ4v) is 11.1. The number of unbranched alkanes of at least 4 members (excludes halogenated alkanes) is 3. The number of phenols is 1. The molecule has 4 nitrogen and oxygen atoms in total. The highest BCUT2D eigenvalue weighted by Gasteiger charge is 2.59. The zero-order valence-corrected chi connectivity index (χ0v) is 28.2. The summed E-state index contributed by atoms with van der Waals surface area (Å²) in [7, 11) is 0. The van der Waals surface area contributed by atoms with E-state index in [2.05, 4.69) is 11.8 Å². The minimum absolute atomic E-state index is 0.115. The Balaban J connectivity index is 1.03. The van der Waals surface area contributed by atoms with Gasteiger partial charge in [-0.1, -0.05) is 83.6 Å². The van der Waals surface area contributed by atoms with Crippen molar-refractivity contribution in [2.75, 3.05) is 13.1 Å². The van der Waals surface area contributed by atoms with Gasteiger partial charge in [0.25, 0.3) is 0 Å². The molecule has 45 heavy (non-hydrogen) atoms. The van der Waals surface area contributed by atoms with Crippen LogP contribution in [0.5, 0.6) is 5.75 Å². The highest BCUT2D eigenvalue weighted by molar-refractivity contribution is 5.76. The fourth-order valence-electron chi connectivity index (χ4n) is 11.1. The number of hydrogen-bond donors (Lipinski definition) is 2. The third-order valence-corrected chi connectivity index (χ3v) is 13.6. The topological polar surface area (TPSA) is 60.8 Å². The lowest BCUT2D eigenvalue weighted by molar-refractivity contribution is -0.132. The van der Waals surface area contributed by atoms with E-state index in [0.717, 1.165) is 94.3 Å². The first kappa shape index (κ1) is 33.3. The number of halogens is 1. The first-order valence-corrected chi connectivity index (χ1v) is 19.2. The van der Waals surface area contributed by atoms with Crippen molar-refractivity contribution in [3.8, 4) is 5.75 Å². The van der Waals surface area contributed by atoms with Crippen LogP contribution in [0.4, 0.5) is 4.39 Å². The molecule has 1 aromatic carbocycles. The second-order valence-corrected chi connectivity index (χ2v) is 16.5. The van der Waals surface area contributed by atoms with Gasteiger partial charge in [-0.25, -0.2) is 4.39 Å². The molecule has 2 N–H and O–H groups in total. The summed E-state index contributed by atoms with van der Waals surface area (Å²) in [5.74, 6) is 3.04. The Morgan fingerprint density at radius 2 is 1.62 bits per heavy atom. The van der Waals surface area contributed by atoms with E-state index in [1.54, 1.807) is 6.07 Å². The van der Waals surface area contributed by atoms with Crippen LogP contribution in [0.15, 0.2) is 18.2 Å². The average Bonchev–Trinajstić information content (AvgIpc) is 3.34. The molecule has 6 rings (SSSR count). The van der Waals surface area contributed by atoms with Crippen molar-refractivity contribution in [1.82, 2.24) is 4.90 Å². The molecule has 5 aliphatic carbocycles. The van der Waals surface area contributed by atoms with E-state index in [-0.39, 0.29) is 23.0 Å². The molecule has 0 spiro atoms. The van der Waals surface area contributed by atoms with Gasteiger partial charge in [-0.2, -0.15) is 0 Å². The first-order chi connectivity index (χ1) is 21.8. The van der Waals surface area contributed by atoms with E-state index in [1.807, 2.05) is 12.1 Å². The third-order valence-electron chi connectivity index (χ3n) is 13.6. The van der Waals surface area contributed by atoms with Crippen LogP contribution in [0, 0.1) is 35.0 Å². The molecule has 0 bridgehead atoms. The monoisotopic (exact) mass is 623 g/mol. The first-order valence-electron chi connectivity index (χ1n) is 19.2. The molecule has 0 aliphatic heterocycles. The van der Waals surface area contributed by atoms with Crippen molar-refractivity contribution in [1.29, 1.82) is 0 Å². The van der Waals surface area contributed by atoms with Crippen LogP contribution in [0.1, 0.15) is 152 Å². The molecule has 4 fully saturated rings. The summed E-state index contributed by atoms with van der Waals surface area (Å²) in [5, 5.41) is 21.2. The van der Waals surface area contributed by atoms with E-state index in [9.17, 15) is 15.0 Å². The standard InChI is InChI=1S/C40H62FNO3/c1-40-26-35(41)39-33-19-18-32(43)25-31(33)24-30(38(39)34(40)20-21-36(40)44)16-10-2-3-11-23-42(27-29-14-8-5-9-15-29)37(45)22-17-28-12-6-4-7-13-28/h18-19,25,28-30,34-36,38-39,43-44H,2-17,20-24,26-27H2,1H3/t30-,34+,35+,36+,38+,39+,40+/m1/s1. The number of aliphatic hydroxyl groups excluding tert-OH is 1. The third kappa shape index (κ3) is 7.60. The lowest BCUT2D eigenvalue weighted by Crippen LogP contribution is -2.51. The van der Waals surface area contributed by atoms with Crippen molar-refractivity contribution in [3.05, 3.63) is 29.3 Å². The molecule has 252 valence electrons. The minimum atomic E-state index is -0.944. The number of carbonyl (C=O) groups is 1. The number of rotatable bonds is 12. The molecule has 0 radical (unpaired) electrons. The summed E-state index contributed by atoms with van der Waals surface area (Å²) in [6.45, 7) is 4.02. The van der Waals surface area contributed by atoms with Gasteiger partial charge in [0.2, 0.25) is 5.91 Å². The Hall–Kier alpha value is -1.62. The summed E-state index contributed by atoms with van der Waals surface area (Å²) in [5.41, 5.74) is 1.92. The molecule has 5 aliphatic rings. The molecule has 0 heterocycles. The van der Waals surface area contributed by atoms with Crippen molar-refractivity contribution in [2.45, 2.75) is 160 Å². The lowest BCUT2D eigenvalue weighted by atomic mass is 9.51. The normalized spacial score (nSPS) is 33.8. The molecule has 7 atom stereocenters.